The smallest absolute Gasteiger partial charge is 0.377 e. The van der Waals surface area contributed by atoms with Crippen molar-refractivity contribution in [1.29, 1.82) is 0 Å². The third-order valence-corrected chi connectivity index (χ3v) is 4.18. The van der Waals surface area contributed by atoms with Gasteiger partial charge in [-0.25, -0.2) is 4.79 Å². The van der Waals surface area contributed by atoms with E-state index in [0.717, 1.165) is 19.3 Å². The topological polar surface area (TPSA) is 63.2 Å². The predicted octanol–water partition coefficient (Wildman–Crippen LogP) is 4.57. The molecule has 0 atom stereocenters. The second-order valence-electron chi connectivity index (χ2n) is 6.01. The predicted molar refractivity (Wildman–Crippen MR) is 105 cm³/mol. The van der Waals surface area contributed by atoms with Gasteiger partial charge in [-0.05, 0) is 18.6 Å². The first-order chi connectivity index (χ1) is 13.1. The summed E-state index contributed by atoms with van der Waals surface area (Å²) in [5.74, 6) is 0.652. The molecule has 0 radical (unpaired) electrons. The molecule has 1 rings (SSSR count). The number of hydrogen-bond donors (Lipinski definition) is 0. The van der Waals surface area contributed by atoms with Crippen molar-refractivity contribution in [2.45, 2.75) is 45.4 Å². The second-order valence-corrected chi connectivity index (χ2v) is 6.01. The van der Waals surface area contributed by atoms with E-state index in [1.165, 1.54) is 40.6 Å². The van der Waals surface area contributed by atoms with Crippen molar-refractivity contribution in [3.05, 3.63) is 29.5 Å². The molecule has 27 heavy (non-hydrogen) atoms. The van der Waals surface area contributed by atoms with Gasteiger partial charge in [0.2, 0.25) is 5.76 Å². The molecule has 0 amide bonds. The van der Waals surface area contributed by atoms with Gasteiger partial charge in [0.25, 0.3) is 0 Å². The van der Waals surface area contributed by atoms with Gasteiger partial charge in [0, 0.05) is 0 Å². The van der Waals surface area contributed by atoms with Crippen LogP contribution in [-0.2, 0) is 19.0 Å². The minimum Gasteiger partial charge on any atom is -0.493 e. The number of esters is 1. The highest BCUT2D eigenvalue weighted by molar-refractivity contribution is 5.95. The zero-order chi connectivity index (χ0) is 20.1. The summed E-state index contributed by atoms with van der Waals surface area (Å²) in [6.45, 7) is 2.54. The normalized spacial score (nSPS) is 11.4. The van der Waals surface area contributed by atoms with Crippen molar-refractivity contribution in [2.24, 2.45) is 0 Å². The van der Waals surface area contributed by atoms with Crippen LogP contribution in [0.3, 0.4) is 0 Å². The highest BCUT2D eigenvalue weighted by Crippen LogP contribution is 2.36. The first-order valence-electron chi connectivity index (χ1n) is 9.35. The number of rotatable bonds is 13. The Labute approximate surface area is 162 Å². The first kappa shape index (κ1) is 22.7. The zero-order valence-electron chi connectivity index (χ0n) is 17.1. The van der Waals surface area contributed by atoms with Gasteiger partial charge in [-0.3, -0.25) is 0 Å². The van der Waals surface area contributed by atoms with Crippen LogP contribution < -0.4 is 9.47 Å². The molecular weight excluding hydrogens is 348 g/mol. The lowest BCUT2D eigenvalue weighted by atomic mass is 10.1. The lowest BCUT2D eigenvalue weighted by molar-refractivity contribution is -0.142. The van der Waals surface area contributed by atoms with Crippen LogP contribution in [0.25, 0.3) is 5.76 Å². The molecule has 0 saturated heterocycles. The Bertz CT molecular complexity index is 609. The number of carbonyl (C=O) groups is 1. The van der Waals surface area contributed by atoms with E-state index in [4.69, 9.17) is 23.7 Å². The van der Waals surface area contributed by atoms with Crippen molar-refractivity contribution in [2.75, 3.05) is 35.0 Å². The molecule has 1 aromatic carbocycles. The van der Waals surface area contributed by atoms with Crippen molar-refractivity contribution < 1.29 is 28.5 Å². The molecule has 0 unspecified atom stereocenters. The average molecular weight is 380 g/mol. The molecule has 0 N–H and O–H groups in total. The zero-order valence-corrected chi connectivity index (χ0v) is 17.1. The maximum absolute atomic E-state index is 12.5. The van der Waals surface area contributed by atoms with Gasteiger partial charge < -0.3 is 23.7 Å². The van der Waals surface area contributed by atoms with Crippen molar-refractivity contribution >= 4 is 11.7 Å². The average Bonchev–Trinajstić information content (AvgIpc) is 2.70. The van der Waals surface area contributed by atoms with Gasteiger partial charge in [-0.1, -0.05) is 45.1 Å². The van der Waals surface area contributed by atoms with E-state index >= 15 is 0 Å². The van der Waals surface area contributed by atoms with E-state index in [1.807, 2.05) is 0 Å². The van der Waals surface area contributed by atoms with Crippen molar-refractivity contribution in [3.63, 3.8) is 0 Å². The molecule has 0 spiro atoms. The molecule has 6 nitrogen and oxygen atoms in total. The number of benzene rings is 1. The molecule has 0 aliphatic rings. The van der Waals surface area contributed by atoms with Gasteiger partial charge >= 0.3 is 5.97 Å². The van der Waals surface area contributed by atoms with E-state index < -0.39 is 5.97 Å². The number of unbranched alkanes of at least 4 members (excludes halogenated alkanes) is 5. The maximum Gasteiger partial charge on any atom is 0.377 e. The fourth-order valence-corrected chi connectivity index (χ4v) is 2.77. The van der Waals surface area contributed by atoms with Crippen LogP contribution in [0, 0.1) is 0 Å². The monoisotopic (exact) mass is 380 g/mol. The summed E-state index contributed by atoms with van der Waals surface area (Å²) in [5, 5.41) is 0. The van der Waals surface area contributed by atoms with Crippen LogP contribution in [0.1, 0.15) is 51.0 Å². The van der Waals surface area contributed by atoms with Gasteiger partial charge in [-0.15, -0.1) is 0 Å². The lowest BCUT2D eigenvalue weighted by Crippen LogP contribution is -2.14. The number of methoxy groups -OCH3 is 4. The fraction of sp³-hybridized carbons (Fsp3) is 0.571. The van der Waals surface area contributed by atoms with Crippen molar-refractivity contribution in [3.8, 4) is 11.5 Å². The minimum atomic E-state index is -0.562. The molecular formula is C21H32O6. The van der Waals surface area contributed by atoms with Crippen LogP contribution >= 0.6 is 0 Å². The summed E-state index contributed by atoms with van der Waals surface area (Å²) >= 11 is 0. The molecule has 0 aliphatic carbocycles. The van der Waals surface area contributed by atoms with E-state index in [0.29, 0.717) is 23.7 Å². The summed E-state index contributed by atoms with van der Waals surface area (Å²) in [4.78, 5) is 12.5. The number of ether oxygens (including phenoxy) is 5. The van der Waals surface area contributed by atoms with Crippen molar-refractivity contribution in [1.82, 2.24) is 0 Å². The highest BCUT2D eigenvalue weighted by atomic mass is 16.6. The molecule has 1 aromatic rings. The van der Waals surface area contributed by atoms with Gasteiger partial charge in [0.1, 0.15) is 0 Å². The molecule has 0 fully saturated rings. The molecule has 0 aromatic heterocycles. The summed E-state index contributed by atoms with van der Waals surface area (Å²) in [7, 11) is 5.95. The first-order valence-corrected chi connectivity index (χ1v) is 9.35. The molecule has 0 saturated carbocycles. The lowest BCUT2D eigenvalue weighted by Gasteiger charge is -2.16. The SMILES string of the molecule is CCCCCCCCOC(=O)C(OC)=C(OC)c1cccc(OC)c1OC. The van der Waals surface area contributed by atoms with Crippen LogP contribution in [0.4, 0.5) is 0 Å². The highest BCUT2D eigenvalue weighted by Gasteiger charge is 2.24. The molecule has 0 bridgehead atoms. The van der Waals surface area contributed by atoms with Crippen LogP contribution in [-0.4, -0.2) is 41.0 Å². The number of hydrogen-bond acceptors (Lipinski definition) is 6. The molecule has 6 heteroatoms. The Kier molecular flexibility index (Phi) is 10.8. The Morgan fingerprint density at radius 1 is 0.889 bits per heavy atom. The van der Waals surface area contributed by atoms with Crippen LogP contribution in [0.5, 0.6) is 11.5 Å². The molecule has 152 valence electrons. The molecule has 0 heterocycles. The quantitative estimate of drug-likeness (QED) is 0.216. The third kappa shape index (κ3) is 6.70. The molecule has 0 aliphatic heterocycles. The second kappa shape index (κ2) is 12.9. The Balaban J connectivity index is 2.88. The fourth-order valence-electron chi connectivity index (χ4n) is 2.77. The minimum absolute atomic E-state index is 0.00460. The van der Waals surface area contributed by atoms with E-state index in [9.17, 15) is 4.79 Å². The number of carbonyl (C=O) groups excluding carboxylic acids is 1. The maximum atomic E-state index is 12.5. The third-order valence-electron chi connectivity index (χ3n) is 4.18. The van der Waals surface area contributed by atoms with Gasteiger partial charge in [0.15, 0.2) is 17.3 Å². The number of para-hydroxylation sites is 1. The van der Waals surface area contributed by atoms with E-state index in [-0.39, 0.29) is 11.5 Å². The van der Waals surface area contributed by atoms with E-state index in [1.54, 1.807) is 25.3 Å². The van der Waals surface area contributed by atoms with Gasteiger partial charge in [-0.2, -0.15) is 0 Å². The largest absolute Gasteiger partial charge is 0.493 e. The summed E-state index contributed by atoms with van der Waals surface area (Å²) < 4.78 is 26.8. The Hall–Kier alpha value is -2.37. The van der Waals surface area contributed by atoms with Gasteiger partial charge in [0.05, 0.1) is 40.6 Å². The Morgan fingerprint density at radius 2 is 1.59 bits per heavy atom. The van der Waals surface area contributed by atoms with Crippen LogP contribution in [0.2, 0.25) is 0 Å². The summed E-state index contributed by atoms with van der Waals surface area (Å²) in [6.07, 6.45) is 6.71. The summed E-state index contributed by atoms with van der Waals surface area (Å²) in [6, 6.07) is 5.31. The summed E-state index contributed by atoms with van der Waals surface area (Å²) in [5.41, 5.74) is 0.549. The Morgan fingerprint density at radius 3 is 2.19 bits per heavy atom. The van der Waals surface area contributed by atoms with E-state index in [2.05, 4.69) is 6.92 Å². The van der Waals surface area contributed by atoms with Crippen LogP contribution in [0.15, 0.2) is 24.0 Å². The standard InChI is InChI=1S/C21H32O6/c1-6-7-8-9-10-11-15-27-21(22)20(26-5)19(25-4)16-13-12-14-17(23-2)18(16)24-3/h12-14H,6-11,15H2,1-5H3.